The van der Waals surface area contributed by atoms with E-state index in [9.17, 15) is 34.8 Å². The van der Waals surface area contributed by atoms with Crippen LogP contribution in [0.5, 0.6) is 0 Å². The number of carboxylic acid groups (broad SMARTS) is 1. The maximum absolute atomic E-state index is 12.7. The summed E-state index contributed by atoms with van der Waals surface area (Å²) in [7, 11) is -4.50. The monoisotopic (exact) mass is 325 g/mol. The van der Waals surface area contributed by atoms with Gasteiger partial charge in [-0.15, -0.1) is 0 Å². The van der Waals surface area contributed by atoms with Gasteiger partial charge in [0.2, 0.25) is 10.0 Å². The van der Waals surface area contributed by atoms with Gasteiger partial charge < -0.3 is 5.11 Å². The average Bonchev–Trinajstić information content (AvgIpc) is 2.11. The van der Waals surface area contributed by atoms with Crippen LogP contribution in [0.3, 0.4) is 0 Å². The number of aliphatic carboxylic acids is 1. The number of halogens is 6. The molecule has 0 aromatic heterocycles. The molecule has 0 spiro atoms. The molecular formula is C8H5F6NO4S. The molecule has 0 bridgehead atoms. The van der Waals surface area contributed by atoms with E-state index in [0.29, 0.717) is 0 Å². The molecule has 5 nitrogen and oxygen atoms in total. The minimum atomic E-state index is -5.08. The molecule has 0 fully saturated rings. The van der Waals surface area contributed by atoms with E-state index in [-0.39, 0.29) is 12.1 Å². The summed E-state index contributed by atoms with van der Waals surface area (Å²) in [5.41, 5.74) is 0. The Labute approximate surface area is 107 Å². The van der Waals surface area contributed by atoms with Gasteiger partial charge >= 0.3 is 12.1 Å². The third-order valence-electron chi connectivity index (χ3n) is 1.49. The van der Waals surface area contributed by atoms with Gasteiger partial charge in [0.1, 0.15) is 17.5 Å². The molecule has 0 heterocycles. The average molecular weight is 325 g/mol. The predicted octanol–water partition coefficient (Wildman–Crippen LogP) is 1.38. The first-order valence-corrected chi connectivity index (χ1v) is 5.79. The Morgan fingerprint density at radius 2 is 1.40 bits per heavy atom. The third-order valence-corrected chi connectivity index (χ3v) is 2.45. The lowest BCUT2D eigenvalue weighted by Crippen LogP contribution is -2.21. The lowest BCUT2D eigenvalue weighted by Gasteiger charge is -2.01. The van der Waals surface area contributed by atoms with Gasteiger partial charge in [0.05, 0.1) is 0 Å². The van der Waals surface area contributed by atoms with E-state index in [1.165, 1.54) is 0 Å². The number of primary sulfonamides is 1. The van der Waals surface area contributed by atoms with Crippen molar-refractivity contribution in [1.29, 1.82) is 0 Å². The number of nitrogens with two attached hydrogens (primary N) is 1. The minimum Gasteiger partial charge on any atom is -0.475 e. The van der Waals surface area contributed by atoms with Gasteiger partial charge in [0.15, 0.2) is 4.90 Å². The number of hydrogen-bond acceptors (Lipinski definition) is 3. The number of hydrogen-bond donors (Lipinski definition) is 2. The van der Waals surface area contributed by atoms with Crippen LogP contribution in [-0.2, 0) is 14.8 Å². The number of alkyl halides is 3. The molecule has 0 aliphatic rings. The number of rotatable bonds is 1. The lowest BCUT2D eigenvalue weighted by molar-refractivity contribution is -0.192. The molecule has 1 aromatic rings. The summed E-state index contributed by atoms with van der Waals surface area (Å²) >= 11 is 0. The first-order chi connectivity index (χ1) is 8.76. The van der Waals surface area contributed by atoms with Gasteiger partial charge in [-0.2, -0.15) is 13.2 Å². The van der Waals surface area contributed by atoms with Crippen molar-refractivity contribution in [2.75, 3.05) is 0 Å². The second-order valence-corrected chi connectivity index (χ2v) is 4.54. The van der Waals surface area contributed by atoms with Crippen LogP contribution in [0.1, 0.15) is 0 Å². The second kappa shape index (κ2) is 6.09. The van der Waals surface area contributed by atoms with E-state index in [2.05, 4.69) is 5.14 Å². The van der Waals surface area contributed by atoms with E-state index in [1.54, 1.807) is 0 Å². The van der Waals surface area contributed by atoms with Crippen LogP contribution in [0.25, 0.3) is 0 Å². The molecule has 1 rings (SSSR count). The van der Waals surface area contributed by atoms with Gasteiger partial charge in [0, 0.05) is 12.1 Å². The molecule has 0 unspecified atom stereocenters. The summed E-state index contributed by atoms with van der Waals surface area (Å²) in [6.07, 6.45) is -5.08. The smallest absolute Gasteiger partial charge is 0.475 e. The highest BCUT2D eigenvalue weighted by atomic mass is 32.2. The molecule has 0 saturated carbocycles. The van der Waals surface area contributed by atoms with Crippen molar-refractivity contribution in [1.82, 2.24) is 0 Å². The number of sulfonamides is 1. The van der Waals surface area contributed by atoms with Crippen LogP contribution < -0.4 is 5.14 Å². The summed E-state index contributed by atoms with van der Waals surface area (Å²) < 4.78 is 90.5. The molecule has 0 saturated heterocycles. The van der Waals surface area contributed by atoms with Crippen LogP contribution >= 0.6 is 0 Å². The number of carboxylic acids is 1. The SMILES string of the molecule is NS(=O)(=O)c1c(F)cc(F)cc1F.O=C(O)C(F)(F)F. The molecule has 0 aliphatic carbocycles. The summed E-state index contributed by atoms with van der Waals surface area (Å²) in [5, 5.41) is 11.6. The fourth-order valence-corrected chi connectivity index (χ4v) is 1.46. The Morgan fingerprint density at radius 1 is 1.10 bits per heavy atom. The summed E-state index contributed by atoms with van der Waals surface area (Å²) in [6, 6.07) is 0.478. The van der Waals surface area contributed by atoms with E-state index in [4.69, 9.17) is 9.90 Å². The molecule has 12 heteroatoms. The highest BCUT2D eigenvalue weighted by Crippen LogP contribution is 2.18. The Morgan fingerprint density at radius 3 is 1.60 bits per heavy atom. The maximum atomic E-state index is 12.7. The topological polar surface area (TPSA) is 97.5 Å². The summed E-state index contributed by atoms with van der Waals surface area (Å²) in [4.78, 5) is 7.57. The fraction of sp³-hybridized carbons (Fsp3) is 0.125. The summed E-state index contributed by atoms with van der Waals surface area (Å²) in [6.45, 7) is 0. The third kappa shape index (κ3) is 5.44. The zero-order valence-corrected chi connectivity index (χ0v) is 9.90. The molecule has 114 valence electrons. The Bertz CT molecular complexity index is 589. The van der Waals surface area contributed by atoms with E-state index < -0.39 is 44.5 Å². The van der Waals surface area contributed by atoms with Crippen LogP contribution in [0.4, 0.5) is 26.3 Å². The Balaban J connectivity index is 0.000000441. The van der Waals surface area contributed by atoms with Crippen LogP contribution in [0, 0.1) is 17.5 Å². The number of carbonyl (C=O) groups is 1. The fourth-order valence-electron chi connectivity index (χ4n) is 0.801. The molecular weight excluding hydrogens is 320 g/mol. The zero-order chi connectivity index (χ0) is 16.3. The van der Waals surface area contributed by atoms with E-state index in [0.717, 1.165) is 0 Å². The van der Waals surface area contributed by atoms with Crippen molar-refractivity contribution in [2.45, 2.75) is 11.1 Å². The zero-order valence-electron chi connectivity index (χ0n) is 9.08. The quantitative estimate of drug-likeness (QED) is 0.762. The van der Waals surface area contributed by atoms with Crippen molar-refractivity contribution in [3.8, 4) is 0 Å². The van der Waals surface area contributed by atoms with Crippen LogP contribution in [0.15, 0.2) is 17.0 Å². The Hall–Kier alpha value is -1.82. The largest absolute Gasteiger partial charge is 0.490 e. The van der Waals surface area contributed by atoms with Gasteiger partial charge in [-0.05, 0) is 0 Å². The molecule has 3 N–H and O–H groups in total. The highest BCUT2D eigenvalue weighted by molar-refractivity contribution is 7.89. The lowest BCUT2D eigenvalue weighted by atomic mass is 10.3. The standard InChI is InChI=1S/C6H4F3NO2S.C2HF3O2/c7-3-1-4(8)6(5(9)2-3)13(10,11)12;3-2(4,5)1(6)7/h1-2H,(H2,10,11,12);(H,6,7). The van der Waals surface area contributed by atoms with Gasteiger partial charge in [-0.1, -0.05) is 0 Å². The van der Waals surface area contributed by atoms with Crippen LogP contribution in [-0.4, -0.2) is 25.7 Å². The van der Waals surface area contributed by atoms with Crippen LogP contribution in [0.2, 0.25) is 0 Å². The minimum absolute atomic E-state index is 0.239. The molecule has 0 amide bonds. The highest BCUT2D eigenvalue weighted by Gasteiger charge is 2.38. The van der Waals surface area contributed by atoms with Gasteiger partial charge in [-0.25, -0.2) is 31.5 Å². The molecule has 0 aliphatic heterocycles. The molecule has 20 heavy (non-hydrogen) atoms. The van der Waals surface area contributed by atoms with Crippen molar-refractivity contribution in [3.63, 3.8) is 0 Å². The second-order valence-electron chi connectivity index (χ2n) is 3.05. The van der Waals surface area contributed by atoms with Gasteiger partial charge in [-0.3, -0.25) is 0 Å². The predicted molar refractivity (Wildman–Crippen MR) is 51.4 cm³/mol. The first kappa shape index (κ1) is 18.2. The molecule has 0 radical (unpaired) electrons. The summed E-state index contributed by atoms with van der Waals surface area (Å²) in [5.74, 6) is -7.05. The number of benzene rings is 1. The van der Waals surface area contributed by atoms with E-state index >= 15 is 0 Å². The van der Waals surface area contributed by atoms with Crippen molar-refractivity contribution in [2.24, 2.45) is 5.14 Å². The normalized spacial score (nSPS) is 11.6. The maximum Gasteiger partial charge on any atom is 0.490 e. The van der Waals surface area contributed by atoms with Gasteiger partial charge in [0.25, 0.3) is 0 Å². The van der Waals surface area contributed by atoms with Crippen molar-refractivity contribution >= 4 is 16.0 Å². The first-order valence-electron chi connectivity index (χ1n) is 4.24. The molecule has 0 atom stereocenters. The Kier molecular flexibility index (Phi) is 5.53. The van der Waals surface area contributed by atoms with E-state index in [1.807, 2.05) is 0 Å². The molecule has 1 aromatic carbocycles. The van der Waals surface area contributed by atoms with Crippen molar-refractivity contribution < 1.29 is 44.7 Å². The van der Waals surface area contributed by atoms with Crippen molar-refractivity contribution in [3.05, 3.63) is 29.6 Å².